The highest BCUT2D eigenvalue weighted by molar-refractivity contribution is 6.22. The van der Waals surface area contributed by atoms with Crippen LogP contribution in [0.25, 0.3) is 0 Å². The maximum Gasteiger partial charge on any atom is 0.334 e. The van der Waals surface area contributed by atoms with E-state index < -0.39 is 5.97 Å². The Morgan fingerprint density at radius 3 is 2.50 bits per heavy atom. The normalized spacial score (nSPS) is 8.25. The molecular formula is C5H7ClO2. The molecular weight excluding hydrogens is 128 g/mol. The van der Waals surface area contributed by atoms with Gasteiger partial charge in [-0.05, 0) is 0 Å². The Balaban J connectivity index is 3.64. The molecule has 46 valence electrons. The molecule has 0 atom stereocenters. The largest absolute Gasteiger partial charge is 0.466 e. The predicted molar refractivity (Wildman–Crippen MR) is 31.9 cm³/mol. The van der Waals surface area contributed by atoms with E-state index in [1.165, 1.54) is 7.11 Å². The smallest absolute Gasteiger partial charge is 0.334 e. The molecule has 8 heavy (non-hydrogen) atoms. The Kier molecular flexibility index (Phi) is 3.28. The van der Waals surface area contributed by atoms with E-state index in [9.17, 15) is 4.79 Å². The minimum atomic E-state index is -0.444. The molecule has 0 aromatic carbocycles. The highest BCUT2D eigenvalue weighted by Crippen LogP contribution is 1.94. The second-order valence-electron chi connectivity index (χ2n) is 1.23. The highest BCUT2D eigenvalue weighted by atomic mass is 35.5. The maximum atomic E-state index is 10.3. The fourth-order valence-corrected chi connectivity index (χ4v) is 0.308. The second kappa shape index (κ2) is 3.50. The SMILES string of the molecule is C=C(CCl)C(=O)OC. The molecule has 0 aliphatic carbocycles. The van der Waals surface area contributed by atoms with E-state index in [-0.39, 0.29) is 11.5 Å². The van der Waals surface area contributed by atoms with Gasteiger partial charge in [0.1, 0.15) is 0 Å². The topological polar surface area (TPSA) is 26.3 Å². The first kappa shape index (κ1) is 7.50. The molecule has 0 unspecified atom stereocenters. The van der Waals surface area contributed by atoms with Gasteiger partial charge in [0.15, 0.2) is 0 Å². The van der Waals surface area contributed by atoms with E-state index in [2.05, 4.69) is 11.3 Å². The molecule has 0 aromatic heterocycles. The number of halogens is 1. The molecule has 0 saturated heterocycles. The van der Waals surface area contributed by atoms with Crippen molar-refractivity contribution in [1.82, 2.24) is 0 Å². The van der Waals surface area contributed by atoms with Crippen LogP contribution in [0.4, 0.5) is 0 Å². The number of ether oxygens (including phenoxy) is 1. The first-order valence-electron chi connectivity index (χ1n) is 2.04. The summed E-state index contributed by atoms with van der Waals surface area (Å²) in [4.78, 5) is 10.3. The van der Waals surface area contributed by atoms with Crippen molar-refractivity contribution in [1.29, 1.82) is 0 Å². The molecule has 0 heterocycles. The van der Waals surface area contributed by atoms with E-state index in [0.717, 1.165) is 0 Å². The van der Waals surface area contributed by atoms with Gasteiger partial charge in [0, 0.05) is 5.57 Å². The van der Waals surface area contributed by atoms with Crippen molar-refractivity contribution < 1.29 is 9.53 Å². The van der Waals surface area contributed by atoms with Gasteiger partial charge in [-0.2, -0.15) is 0 Å². The number of carbonyl (C=O) groups is 1. The summed E-state index contributed by atoms with van der Waals surface area (Å²) >= 11 is 5.23. The molecule has 0 aromatic rings. The quantitative estimate of drug-likeness (QED) is 0.319. The van der Waals surface area contributed by atoms with Crippen LogP contribution in [0.5, 0.6) is 0 Å². The van der Waals surface area contributed by atoms with Crippen molar-refractivity contribution in [3.8, 4) is 0 Å². The van der Waals surface area contributed by atoms with Gasteiger partial charge < -0.3 is 4.74 Å². The fourth-order valence-electron chi connectivity index (χ4n) is 0.199. The van der Waals surface area contributed by atoms with Crippen molar-refractivity contribution in [2.24, 2.45) is 0 Å². The first-order chi connectivity index (χ1) is 3.72. The monoisotopic (exact) mass is 134 g/mol. The molecule has 0 aliphatic heterocycles. The van der Waals surface area contributed by atoms with Crippen LogP contribution in [-0.4, -0.2) is 19.0 Å². The van der Waals surface area contributed by atoms with Crippen LogP contribution >= 0.6 is 11.6 Å². The third-order valence-electron chi connectivity index (χ3n) is 0.635. The maximum absolute atomic E-state index is 10.3. The summed E-state index contributed by atoms with van der Waals surface area (Å²) in [6, 6.07) is 0. The van der Waals surface area contributed by atoms with Crippen LogP contribution in [0.3, 0.4) is 0 Å². The zero-order valence-electron chi connectivity index (χ0n) is 4.61. The summed E-state index contributed by atoms with van der Waals surface area (Å²) in [5, 5.41) is 0. The van der Waals surface area contributed by atoms with Crippen molar-refractivity contribution >= 4 is 17.6 Å². The lowest BCUT2D eigenvalue weighted by Crippen LogP contribution is -2.03. The summed E-state index contributed by atoms with van der Waals surface area (Å²) in [6.45, 7) is 3.34. The van der Waals surface area contributed by atoms with Gasteiger partial charge in [0.2, 0.25) is 0 Å². The molecule has 0 saturated carbocycles. The lowest BCUT2D eigenvalue weighted by Gasteiger charge is -1.94. The third kappa shape index (κ3) is 1.98. The van der Waals surface area contributed by atoms with Gasteiger partial charge in [-0.15, -0.1) is 11.6 Å². The Morgan fingerprint density at radius 2 is 2.38 bits per heavy atom. The van der Waals surface area contributed by atoms with Crippen LogP contribution in [0.15, 0.2) is 12.2 Å². The van der Waals surface area contributed by atoms with Crippen molar-refractivity contribution in [3.05, 3.63) is 12.2 Å². The number of carbonyl (C=O) groups excluding carboxylic acids is 1. The number of esters is 1. The Morgan fingerprint density at radius 1 is 1.88 bits per heavy atom. The van der Waals surface area contributed by atoms with Crippen LogP contribution in [0, 0.1) is 0 Å². The van der Waals surface area contributed by atoms with Crippen LogP contribution < -0.4 is 0 Å². The second-order valence-corrected chi connectivity index (χ2v) is 1.50. The summed E-state index contributed by atoms with van der Waals surface area (Å²) in [7, 11) is 1.29. The number of hydrogen-bond donors (Lipinski definition) is 0. The fraction of sp³-hybridized carbons (Fsp3) is 0.400. The molecule has 0 spiro atoms. The molecule has 0 bridgehead atoms. The van der Waals surface area contributed by atoms with E-state index in [1.807, 2.05) is 0 Å². The Bertz CT molecular complexity index is 95.0. The number of rotatable bonds is 2. The molecule has 3 heteroatoms. The number of hydrogen-bond acceptors (Lipinski definition) is 2. The van der Waals surface area contributed by atoms with Gasteiger partial charge in [-0.1, -0.05) is 6.58 Å². The molecule has 0 amide bonds. The molecule has 0 N–H and O–H groups in total. The lowest BCUT2D eigenvalue weighted by atomic mass is 10.4. The average molecular weight is 135 g/mol. The van der Waals surface area contributed by atoms with E-state index in [1.54, 1.807) is 0 Å². The van der Waals surface area contributed by atoms with Crippen molar-refractivity contribution in [2.45, 2.75) is 0 Å². The third-order valence-corrected chi connectivity index (χ3v) is 0.958. The predicted octanol–water partition coefficient (Wildman–Crippen LogP) is 0.954. The zero-order chi connectivity index (χ0) is 6.57. The molecule has 0 rings (SSSR count). The van der Waals surface area contributed by atoms with Crippen molar-refractivity contribution in [3.63, 3.8) is 0 Å². The first-order valence-corrected chi connectivity index (χ1v) is 2.58. The van der Waals surface area contributed by atoms with Crippen LogP contribution in [-0.2, 0) is 9.53 Å². The van der Waals surface area contributed by atoms with Gasteiger partial charge in [0.25, 0.3) is 0 Å². The highest BCUT2D eigenvalue weighted by Gasteiger charge is 2.01. The van der Waals surface area contributed by atoms with E-state index >= 15 is 0 Å². The molecule has 0 fully saturated rings. The van der Waals surface area contributed by atoms with Crippen LogP contribution in [0.2, 0.25) is 0 Å². The van der Waals surface area contributed by atoms with E-state index in [0.29, 0.717) is 0 Å². The summed E-state index contributed by atoms with van der Waals surface area (Å²) < 4.78 is 4.28. The summed E-state index contributed by atoms with van der Waals surface area (Å²) in [6.07, 6.45) is 0. The van der Waals surface area contributed by atoms with Gasteiger partial charge >= 0.3 is 5.97 Å². The Labute approximate surface area is 53.1 Å². The summed E-state index contributed by atoms with van der Waals surface area (Å²) in [5.41, 5.74) is 0.286. The van der Waals surface area contributed by atoms with Crippen LogP contribution in [0.1, 0.15) is 0 Å². The number of alkyl halides is 1. The van der Waals surface area contributed by atoms with Gasteiger partial charge in [-0.3, -0.25) is 0 Å². The Hall–Kier alpha value is -0.500. The molecule has 0 radical (unpaired) electrons. The number of methoxy groups -OCH3 is 1. The minimum absolute atomic E-state index is 0.132. The summed E-state index contributed by atoms with van der Waals surface area (Å²) in [5.74, 6) is -0.313. The van der Waals surface area contributed by atoms with Crippen molar-refractivity contribution in [2.75, 3.05) is 13.0 Å². The van der Waals surface area contributed by atoms with E-state index in [4.69, 9.17) is 11.6 Å². The van der Waals surface area contributed by atoms with Gasteiger partial charge in [-0.25, -0.2) is 4.79 Å². The standard InChI is InChI=1S/C5H7ClO2/c1-4(3-6)5(7)8-2/h1,3H2,2H3. The molecule has 0 aliphatic rings. The average Bonchev–Trinajstić information content (AvgIpc) is 1.84. The molecule has 2 nitrogen and oxygen atoms in total. The van der Waals surface area contributed by atoms with Gasteiger partial charge in [0.05, 0.1) is 13.0 Å². The lowest BCUT2D eigenvalue weighted by molar-refractivity contribution is -0.135. The minimum Gasteiger partial charge on any atom is -0.466 e. The zero-order valence-corrected chi connectivity index (χ0v) is 5.36.